The maximum absolute atomic E-state index is 13.7. The lowest BCUT2D eigenvalue weighted by Crippen LogP contribution is -2.74. The molecule has 0 radical (unpaired) electrons. The van der Waals surface area contributed by atoms with E-state index < -0.39 is 63.0 Å². The van der Waals surface area contributed by atoms with Gasteiger partial charge in [0.1, 0.15) is 11.9 Å². The molecule has 0 N–H and O–H groups in total. The Morgan fingerprint density at radius 3 is 1.13 bits per heavy atom. The number of rotatable bonds is 10. The van der Waals surface area contributed by atoms with E-state index in [1.165, 1.54) is 0 Å². The maximum atomic E-state index is 13.7. The lowest BCUT2D eigenvalue weighted by molar-refractivity contribution is -0.138. The zero-order chi connectivity index (χ0) is 50.3. The van der Waals surface area contributed by atoms with Crippen molar-refractivity contribution in [3.63, 3.8) is 0 Å². The molecule has 0 spiro atoms. The van der Waals surface area contributed by atoms with E-state index in [2.05, 4.69) is 11.2 Å². The van der Waals surface area contributed by atoms with Crippen molar-refractivity contribution >= 4 is 43.7 Å². The molecule has 0 aliphatic heterocycles. The summed E-state index contributed by atoms with van der Waals surface area (Å²) in [6.07, 6.45) is -22.0. The van der Waals surface area contributed by atoms with Crippen molar-refractivity contribution in [1.29, 1.82) is 0 Å². The monoisotopic (exact) mass is 980 g/mol. The number of hydrogen-bond acceptors (Lipinski definition) is 3. The second-order valence-corrected chi connectivity index (χ2v) is 17.8. The molecule has 0 saturated carbocycles. The fourth-order valence-electron chi connectivity index (χ4n) is 7.65. The van der Waals surface area contributed by atoms with Gasteiger partial charge >= 0.3 is 24.7 Å². The maximum Gasteiger partial charge on any atom is 0.416 e. The molecule has 0 bridgehead atoms. The van der Waals surface area contributed by atoms with Gasteiger partial charge in [-0.15, -0.1) is 0 Å². The number of Topliss-reactive ketones (excluding diaryl/α,β-unsaturated/α-hetero) is 1. The summed E-state index contributed by atoms with van der Waals surface area (Å²) in [5.74, 6) is 3.30. The van der Waals surface area contributed by atoms with Crippen LogP contribution in [0, 0.1) is 11.2 Å². The average Bonchev–Trinajstić information content (AvgIpc) is 3.32. The van der Waals surface area contributed by atoms with Crippen molar-refractivity contribution in [2.75, 3.05) is 12.4 Å². The van der Waals surface area contributed by atoms with E-state index in [4.69, 9.17) is 4.74 Å². The molecule has 7 rings (SSSR count). The standard InChI is InChI=1S/C28H16BF12.C24H21O3S/c30-25(31,32)17-1-9-21(10-2-17)29(22-11-3-18(4-12-22)26(33,34)35,23-13-5-19(6-14-23)27(36,37)38)24-15-7-20(8-16-24)28(39,40)41;1-2-27-22-15-13-21(14-16-22)24(25)19-28(26,23-11-7-4-8-12-23)18-17-20-9-5-3-6-10-20/h1-16H;3-16H,2,19H2,1H3/q-1;+1. The number of halogens is 12. The highest BCUT2D eigenvalue weighted by Crippen LogP contribution is 2.33. The predicted octanol–water partition coefficient (Wildman–Crippen LogP) is 12.0. The molecule has 0 aliphatic carbocycles. The summed E-state index contributed by atoms with van der Waals surface area (Å²) >= 11 is 0. The summed E-state index contributed by atoms with van der Waals surface area (Å²) < 4.78 is 179. The molecule has 0 fully saturated rings. The summed E-state index contributed by atoms with van der Waals surface area (Å²) in [6, 6.07) is 38.8. The van der Waals surface area contributed by atoms with Crippen molar-refractivity contribution in [2.24, 2.45) is 0 Å². The van der Waals surface area contributed by atoms with Crippen molar-refractivity contribution in [1.82, 2.24) is 0 Å². The highest BCUT2D eigenvalue weighted by Gasteiger charge is 2.39. The Hall–Kier alpha value is -7.06. The van der Waals surface area contributed by atoms with Crippen LogP contribution in [0.4, 0.5) is 52.7 Å². The zero-order valence-corrected chi connectivity index (χ0v) is 36.8. The fraction of sp³-hybridized carbons (Fsp3) is 0.135. The van der Waals surface area contributed by atoms with Crippen LogP contribution in [-0.4, -0.2) is 24.3 Å². The highest BCUT2D eigenvalue weighted by atomic mass is 32.2. The van der Waals surface area contributed by atoms with Crippen LogP contribution in [-0.2, 0) is 38.8 Å². The SMILES string of the molecule is CCOc1ccc(C(=O)C[S+](=O)(C#Cc2ccccc2)c2ccccc2)cc1.FC(F)(F)c1ccc([B-](c2ccc(C(F)(F)F)cc2)(c2ccc(C(F)(F)F)cc2)c2ccc(C(F)(F)F)cc2)cc1. The van der Waals surface area contributed by atoms with Crippen molar-refractivity contribution in [2.45, 2.75) is 36.5 Å². The number of benzene rings is 7. The van der Waals surface area contributed by atoms with Crippen LogP contribution in [0.15, 0.2) is 187 Å². The molecule has 17 heteroatoms. The van der Waals surface area contributed by atoms with Gasteiger partial charge in [-0.25, -0.2) is 0 Å². The molecule has 1 atom stereocenters. The quantitative estimate of drug-likeness (QED) is 0.0451. The molecule has 7 aromatic rings. The molecular formula is C52H37BF12O3S. The van der Waals surface area contributed by atoms with Gasteiger partial charge in [-0.1, -0.05) is 138 Å². The Balaban J connectivity index is 0.000000243. The first-order valence-electron chi connectivity index (χ1n) is 20.7. The van der Waals surface area contributed by atoms with Gasteiger partial charge < -0.3 is 4.74 Å². The van der Waals surface area contributed by atoms with Crippen LogP contribution in [0.1, 0.15) is 45.1 Å². The minimum atomic E-state index is -4.77. The highest BCUT2D eigenvalue weighted by molar-refractivity contribution is 8.07. The number of carbonyl (C=O) groups excluding carboxylic acids is 1. The largest absolute Gasteiger partial charge is 0.494 e. The van der Waals surface area contributed by atoms with Gasteiger partial charge in [-0.3, -0.25) is 4.79 Å². The lowest BCUT2D eigenvalue weighted by Gasteiger charge is -2.44. The lowest BCUT2D eigenvalue weighted by atomic mass is 9.13. The third-order valence-corrected chi connectivity index (χ3v) is 13.2. The normalized spacial score (nSPS) is 12.9. The summed E-state index contributed by atoms with van der Waals surface area (Å²) in [6.45, 7) is 2.46. The van der Waals surface area contributed by atoms with Crippen LogP contribution < -0.4 is 26.6 Å². The molecule has 69 heavy (non-hydrogen) atoms. The molecule has 0 saturated heterocycles. The number of hydrogen-bond donors (Lipinski definition) is 0. The van der Waals surface area contributed by atoms with Crippen LogP contribution in [0.5, 0.6) is 5.75 Å². The van der Waals surface area contributed by atoms with Crippen molar-refractivity contribution in [3.8, 4) is 16.9 Å². The summed E-state index contributed by atoms with van der Waals surface area (Å²) in [4.78, 5) is 13.4. The summed E-state index contributed by atoms with van der Waals surface area (Å²) in [5.41, 5.74) is -3.04. The second kappa shape index (κ2) is 20.7. The predicted molar refractivity (Wildman–Crippen MR) is 243 cm³/mol. The smallest absolute Gasteiger partial charge is 0.416 e. The van der Waals surface area contributed by atoms with E-state index in [1.54, 1.807) is 48.5 Å². The van der Waals surface area contributed by atoms with Gasteiger partial charge in [0.2, 0.25) is 15.7 Å². The zero-order valence-electron chi connectivity index (χ0n) is 36.0. The van der Waals surface area contributed by atoms with E-state index >= 15 is 0 Å². The van der Waals surface area contributed by atoms with Gasteiger partial charge in [0, 0.05) is 11.1 Å². The molecule has 0 aliphatic rings. The van der Waals surface area contributed by atoms with E-state index in [0.717, 1.165) is 54.1 Å². The number of alkyl halides is 12. The van der Waals surface area contributed by atoms with Crippen LogP contribution in [0.3, 0.4) is 0 Å². The first-order valence-corrected chi connectivity index (χ1v) is 22.4. The third-order valence-electron chi connectivity index (χ3n) is 11.0. The second-order valence-electron chi connectivity index (χ2n) is 15.5. The number of carbonyl (C=O) groups is 1. The Morgan fingerprint density at radius 2 is 0.812 bits per heavy atom. The summed E-state index contributed by atoms with van der Waals surface area (Å²) in [5, 5.41) is 2.89. The Kier molecular flexibility index (Phi) is 15.4. The molecule has 1 unspecified atom stereocenters. The van der Waals surface area contributed by atoms with Gasteiger partial charge in [-0.05, 0) is 61.4 Å². The van der Waals surface area contributed by atoms with Gasteiger partial charge in [0.25, 0.3) is 0 Å². The number of ketones is 1. The van der Waals surface area contributed by atoms with E-state index in [9.17, 15) is 61.7 Å². The minimum absolute atomic E-state index is 0.0114. The molecular weight excluding hydrogens is 943 g/mol. The van der Waals surface area contributed by atoms with Gasteiger partial charge in [0.15, 0.2) is 15.9 Å². The molecule has 7 aromatic carbocycles. The van der Waals surface area contributed by atoms with E-state index in [-0.39, 0.29) is 33.4 Å². The molecule has 0 amide bonds. The van der Waals surface area contributed by atoms with Crippen LogP contribution in [0.2, 0.25) is 0 Å². The van der Waals surface area contributed by atoms with Crippen molar-refractivity contribution < 1.29 is 66.4 Å². The van der Waals surface area contributed by atoms with E-state index in [1.807, 2.05) is 43.3 Å². The number of ether oxygens (including phenoxy) is 1. The third kappa shape index (κ3) is 12.3. The Bertz CT molecular complexity index is 2690. The molecule has 0 aromatic heterocycles. The van der Waals surface area contributed by atoms with Crippen molar-refractivity contribution in [3.05, 3.63) is 215 Å². The topological polar surface area (TPSA) is 43.4 Å². The van der Waals surface area contributed by atoms with E-state index in [0.29, 0.717) is 71.3 Å². The molecule has 356 valence electrons. The minimum Gasteiger partial charge on any atom is -0.494 e. The average molecular weight is 981 g/mol. The Morgan fingerprint density at radius 1 is 0.478 bits per heavy atom. The fourth-order valence-corrected chi connectivity index (χ4v) is 9.42. The molecule has 3 nitrogen and oxygen atoms in total. The van der Waals surface area contributed by atoms with Crippen LogP contribution in [0.25, 0.3) is 0 Å². The first-order chi connectivity index (χ1) is 32.4. The molecule has 0 heterocycles. The summed E-state index contributed by atoms with van der Waals surface area (Å²) in [7, 11) is -2.88. The van der Waals surface area contributed by atoms with Gasteiger partial charge in [0.05, 0.1) is 28.9 Å². The Labute approximate surface area is 390 Å². The van der Waals surface area contributed by atoms with Gasteiger partial charge in [-0.2, -0.15) is 74.5 Å². The van der Waals surface area contributed by atoms with Crippen LogP contribution >= 0.6 is 0 Å². The first kappa shape index (κ1) is 51.3.